The molecule has 0 radical (unpaired) electrons. The molecule has 0 bridgehead atoms. The lowest BCUT2D eigenvalue weighted by atomic mass is 10.1. The highest BCUT2D eigenvalue weighted by atomic mass is 15.6. The Morgan fingerprint density at radius 2 is 1.94 bits per heavy atom. The van der Waals surface area contributed by atoms with Crippen molar-refractivity contribution in [3.8, 4) is 0 Å². The number of tetrazole rings is 1. The quantitative estimate of drug-likeness (QED) is 0.814. The van der Waals surface area contributed by atoms with Crippen molar-refractivity contribution in [3.63, 3.8) is 0 Å². The second-order valence-corrected chi connectivity index (χ2v) is 5.22. The Hall–Kier alpha value is -0.970. The number of nitrogens with zero attached hydrogens (tertiary/aromatic N) is 4. The fraction of sp³-hybridized carbons (Fsp3) is 0.917. The summed E-state index contributed by atoms with van der Waals surface area (Å²) in [4.78, 5) is 0. The molecule has 1 N–H and O–H groups in total. The van der Waals surface area contributed by atoms with Gasteiger partial charge in [-0.15, -0.1) is 5.10 Å². The van der Waals surface area contributed by atoms with Crippen molar-refractivity contribution in [3.05, 3.63) is 5.82 Å². The van der Waals surface area contributed by atoms with Gasteiger partial charge in [0.1, 0.15) is 0 Å². The molecule has 0 spiro atoms. The summed E-state index contributed by atoms with van der Waals surface area (Å²) in [6.07, 6.45) is 7.78. The molecule has 0 aliphatic heterocycles. The topological polar surface area (TPSA) is 55.6 Å². The van der Waals surface area contributed by atoms with Gasteiger partial charge in [-0.1, -0.05) is 39.5 Å². The molecule has 1 fully saturated rings. The van der Waals surface area contributed by atoms with E-state index in [2.05, 4.69) is 34.7 Å². The van der Waals surface area contributed by atoms with E-state index >= 15 is 0 Å². The van der Waals surface area contributed by atoms with Crippen LogP contribution in [0.1, 0.15) is 64.2 Å². The van der Waals surface area contributed by atoms with Crippen LogP contribution in [0.2, 0.25) is 0 Å². The lowest BCUT2D eigenvalue weighted by Gasteiger charge is -2.16. The molecule has 1 heterocycles. The standard InChI is InChI=1S/C12H23N5/c1-10(2)13-9-12-14-15-16-17(12)11-7-5-3-4-6-8-11/h10-11,13H,3-9H2,1-2H3. The predicted octanol–water partition coefficient (Wildman–Crippen LogP) is 2.07. The van der Waals surface area contributed by atoms with Crippen molar-refractivity contribution < 1.29 is 0 Å². The first kappa shape index (κ1) is 12.5. The van der Waals surface area contributed by atoms with Gasteiger partial charge in [-0.2, -0.15) is 0 Å². The number of nitrogens with one attached hydrogen (secondary N) is 1. The van der Waals surface area contributed by atoms with E-state index in [4.69, 9.17) is 0 Å². The van der Waals surface area contributed by atoms with E-state index in [1.54, 1.807) is 0 Å². The summed E-state index contributed by atoms with van der Waals surface area (Å²) in [6.45, 7) is 5.04. The third-order valence-electron chi connectivity index (χ3n) is 3.40. The first-order chi connectivity index (χ1) is 8.27. The molecule has 5 nitrogen and oxygen atoms in total. The van der Waals surface area contributed by atoms with E-state index in [-0.39, 0.29) is 0 Å². The molecule has 2 rings (SSSR count). The largest absolute Gasteiger partial charge is 0.308 e. The summed E-state index contributed by atoms with van der Waals surface area (Å²) >= 11 is 0. The van der Waals surface area contributed by atoms with Crippen molar-refractivity contribution in [1.82, 2.24) is 25.5 Å². The first-order valence-electron chi connectivity index (χ1n) is 6.77. The monoisotopic (exact) mass is 237 g/mol. The van der Waals surface area contributed by atoms with E-state index in [1.165, 1.54) is 38.5 Å². The molecule has 0 amide bonds. The normalized spacial score (nSPS) is 18.5. The minimum atomic E-state index is 0.467. The summed E-state index contributed by atoms with van der Waals surface area (Å²) in [5, 5.41) is 15.5. The van der Waals surface area contributed by atoms with Crippen molar-refractivity contribution in [2.75, 3.05) is 0 Å². The molecule has 17 heavy (non-hydrogen) atoms. The van der Waals surface area contributed by atoms with Gasteiger partial charge in [-0.3, -0.25) is 0 Å². The van der Waals surface area contributed by atoms with E-state index in [0.29, 0.717) is 12.1 Å². The first-order valence-corrected chi connectivity index (χ1v) is 6.77. The Bertz CT molecular complexity index is 325. The summed E-state index contributed by atoms with van der Waals surface area (Å²) in [5.41, 5.74) is 0. The van der Waals surface area contributed by atoms with Gasteiger partial charge in [0.25, 0.3) is 0 Å². The summed E-state index contributed by atoms with van der Waals surface area (Å²) in [5.74, 6) is 0.977. The smallest absolute Gasteiger partial charge is 0.165 e. The number of hydrogen-bond donors (Lipinski definition) is 1. The van der Waals surface area contributed by atoms with E-state index in [9.17, 15) is 0 Å². The molecule has 0 saturated heterocycles. The van der Waals surface area contributed by atoms with E-state index < -0.39 is 0 Å². The minimum absolute atomic E-state index is 0.467. The minimum Gasteiger partial charge on any atom is -0.308 e. The third-order valence-corrected chi connectivity index (χ3v) is 3.40. The van der Waals surface area contributed by atoms with Crippen molar-refractivity contribution >= 4 is 0 Å². The van der Waals surface area contributed by atoms with Gasteiger partial charge in [0.05, 0.1) is 12.6 Å². The number of hydrogen-bond acceptors (Lipinski definition) is 4. The second-order valence-electron chi connectivity index (χ2n) is 5.22. The summed E-state index contributed by atoms with van der Waals surface area (Å²) in [7, 11) is 0. The molecule has 0 unspecified atom stereocenters. The Labute approximate surface area is 103 Å². The van der Waals surface area contributed by atoms with Crippen LogP contribution in [-0.2, 0) is 6.54 Å². The fourth-order valence-corrected chi connectivity index (χ4v) is 2.41. The zero-order valence-corrected chi connectivity index (χ0v) is 10.9. The molecule has 1 aliphatic carbocycles. The fourth-order valence-electron chi connectivity index (χ4n) is 2.41. The van der Waals surface area contributed by atoms with Crippen LogP contribution < -0.4 is 5.32 Å². The lowest BCUT2D eigenvalue weighted by Crippen LogP contribution is -2.25. The molecule has 0 atom stereocenters. The average Bonchev–Trinajstić information content (AvgIpc) is 2.60. The highest BCUT2D eigenvalue weighted by Gasteiger charge is 2.18. The molecule has 1 saturated carbocycles. The lowest BCUT2D eigenvalue weighted by molar-refractivity contribution is 0.378. The highest BCUT2D eigenvalue weighted by molar-refractivity contribution is 4.85. The number of aromatic nitrogens is 4. The molecule has 1 aliphatic rings. The second kappa shape index (κ2) is 6.10. The Kier molecular flexibility index (Phi) is 4.48. The zero-order chi connectivity index (χ0) is 12.1. The van der Waals surface area contributed by atoms with Crippen molar-refractivity contribution in [2.45, 2.75) is 71.0 Å². The maximum absolute atomic E-state index is 4.18. The van der Waals surface area contributed by atoms with E-state index in [1.807, 2.05) is 4.68 Å². The maximum atomic E-state index is 4.18. The van der Waals surface area contributed by atoms with Gasteiger partial charge in [0, 0.05) is 6.04 Å². The van der Waals surface area contributed by atoms with Crippen LogP contribution in [0.25, 0.3) is 0 Å². The molecule has 96 valence electrons. The van der Waals surface area contributed by atoms with Crippen LogP contribution in [0.15, 0.2) is 0 Å². The predicted molar refractivity (Wildman–Crippen MR) is 66.5 cm³/mol. The van der Waals surface area contributed by atoms with Gasteiger partial charge in [0.15, 0.2) is 5.82 Å². The van der Waals surface area contributed by atoms with Crippen LogP contribution >= 0.6 is 0 Å². The third kappa shape index (κ3) is 3.49. The molecular weight excluding hydrogens is 214 g/mol. The van der Waals surface area contributed by atoms with E-state index in [0.717, 1.165) is 12.4 Å². The van der Waals surface area contributed by atoms with Crippen LogP contribution in [-0.4, -0.2) is 26.2 Å². The van der Waals surface area contributed by atoms with Gasteiger partial charge in [0.2, 0.25) is 0 Å². The maximum Gasteiger partial charge on any atom is 0.165 e. The molecule has 0 aromatic carbocycles. The summed E-state index contributed by atoms with van der Waals surface area (Å²) < 4.78 is 2.04. The highest BCUT2D eigenvalue weighted by Crippen LogP contribution is 2.26. The van der Waals surface area contributed by atoms with Crippen LogP contribution in [0.5, 0.6) is 0 Å². The zero-order valence-electron chi connectivity index (χ0n) is 10.9. The summed E-state index contributed by atoms with van der Waals surface area (Å²) in [6, 6.07) is 0.978. The number of rotatable bonds is 4. The molecular formula is C12H23N5. The SMILES string of the molecule is CC(C)NCc1nnnn1C1CCCCCC1. The van der Waals surface area contributed by atoms with Crippen molar-refractivity contribution in [2.24, 2.45) is 0 Å². The van der Waals surface area contributed by atoms with Crippen molar-refractivity contribution in [1.29, 1.82) is 0 Å². The Balaban J connectivity index is 2.01. The Morgan fingerprint density at radius 3 is 2.59 bits per heavy atom. The molecule has 5 heteroatoms. The van der Waals surface area contributed by atoms with Crippen LogP contribution in [0.3, 0.4) is 0 Å². The van der Waals surface area contributed by atoms with Gasteiger partial charge < -0.3 is 5.32 Å². The van der Waals surface area contributed by atoms with Crippen LogP contribution in [0.4, 0.5) is 0 Å². The molecule has 1 aromatic heterocycles. The van der Waals surface area contributed by atoms with Gasteiger partial charge in [-0.25, -0.2) is 4.68 Å². The van der Waals surface area contributed by atoms with Crippen LogP contribution in [0, 0.1) is 0 Å². The van der Waals surface area contributed by atoms with Gasteiger partial charge in [-0.05, 0) is 23.3 Å². The Morgan fingerprint density at radius 1 is 1.24 bits per heavy atom. The molecule has 1 aromatic rings. The van der Waals surface area contributed by atoms with Gasteiger partial charge >= 0.3 is 0 Å². The average molecular weight is 237 g/mol.